The van der Waals surface area contributed by atoms with Crippen molar-refractivity contribution in [2.24, 2.45) is 5.41 Å². The average molecular weight is 336 g/mol. The van der Waals surface area contributed by atoms with Gasteiger partial charge in [0.05, 0.1) is 34.0 Å². The quantitative estimate of drug-likeness (QED) is 0.608. The third-order valence-electron chi connectivity index (χ3n) is 4.95. The Hall–Kier alpha value is -2.24. The first-order valence-electron chi connectivity index (χ1n) is 7.88. The number of fused-ring (bicyclic) bond motifs is 1. The maximum atomic E-state index is 13.3. The summed E-state index contributed by atoms with van der Waals surface area (Å²) in [4.78, 5) is 25.7. The molecule has 0 amide bonds. The monoisotopic (exact) mass is 336 g/mol. The minimum absolute atomic E-state index is 0.279. The normalized spacial score (nSPS) is 19.5. The molecular weight excluding hydrogens is 312 g/mol. The minimum atomic E-state index is -1.18. The molecule has 0 aromatic heterocycles. The van der Waals surface area contributed by atoms with Crippen molar-refractivity contribution in [1.82, 2.24) is 0 Å². The van der Waals surface area contributed by atoms with Gasteiger partial charge in [-0.05, 0) is 26.2 Å². The molecule has 0 heterocycles. The lowest BCUT2D eigenvalue weighted by atomic mass is 9.68. The molecule has 0 aliphatic heterocycles. The van der Waals surface area contributed by atoms with Gasteiger partial charge in [-0.2, -0.15) is 0 Å². The summed E-state index contributed by atoms with van der Waals surface area (Å²) in [5, 5.41) is 0. The van der Waals surface area contributed by atoms with Crippen LogP contribution in [-0.4, -0.2) is 40.2 Å². The average Bonchev–Trinajstić information content (AvgIpc) is 2.61. The number of ether oxygens (including phenoxy) is 4. The van der Waals surface area contributed by atoms with E-state index in [1.807, 2.05) is 6.92 Å². The molecule has 0 saturated carbocycles. The van der Waals surface area contributed by atoms with Crippen LogP contribution < -0.4 is 14.2 Å². The fraction of sp³-hybridized carbons (Fsp3) is 0.556. The highest BCUT2D eigenvalue weighted by molar-refractivity contribution is 6.16. The molecule has 1 aliphatic rings. The lowest BCUT2D eigenvalue weighted by molar-refractivity contribution is -0.150. The number of hydrogen-bond donors (Lipinski definition) is 0. The van der Waals surface area contributed by atoms with Gasteiger partial charge in [0.15, 0.2) is 17.3 Å². The van der Waals surface area contributed by atoms with E-state index in [1.165, 1.54) is 21.3 Å². The number of ketones is 1. The highest BCUT2D eigenvalue weighted by Gasteiger charge is 2.51. The van der Waals surface area contributed by atoms with E-state index in [9.17, 15) is 9.59 Å². The highest BCUT2D eigenvalue weighted by atomic mass is 16.5. The van der Waals surface area contributed by atoms with Crippen LogP contribution in [0.2, 0.25) is 0 Å². The van der Waals surface area contributed by atoms with Crippen LogP contribution in [0.4, 0.5) is 0 Å². The standard InChI is InChI=1S/C18H24O6/c1-7-18(17(20)24-6)9-8-11-12(16(18)19)13(21-3)10(2)14(22-4)15(11)23-5/h7-9H2,1-6H3. The number of benzene rings is 1. The first kappa shape index (κ1) is 18.1. The van der Waals surface area contributed by atoms with Crippen LogP contribution in [0, 0.1) is 12.3 Å². The van der Waals surface area contributed by atoms with Crippen LogP contribution >= 0.6 is 0 Å². The molecule has 1 unspecified atom stereocenters. The van der Waals surface area contributed by atoms with Gasteiger partial charge in [-0.3, -0.25) is 9.59 Å². The molecule has 24 heavy (non-hydrogen) atoms. The highest BCUT2D eigenvalue weighted by Crippen LogP contribution is 2.50. The summed E-state index contributed by atoms with van der Waals surface area (Å²) in [6.45, 7) is 3.62. The zero-order chi connectivity index (χ0) is 18.1. The van der Waals surface area contributed by atoms with E-state index in [0.29, 0.717) is 47.6 Å². The second-order valence-corrected chi connectivity index (χ2v) is 5.83. The number of Topliss-reactive ketones (excluding diaryl/α,β-unsaturated/α-hetero) is 1. The third-order valence-corrected chi connectivity index (χ3v) is 4.95. The molecule has 6 heteroatoms. The zero-order valence-electron chi connectivity index (χ0n) is 15.1. The van der Waals surface area contributed by atoms with Crippen molar-refractivity contribution in [3.05, 3.63) is 16.7 Å². The van der Waals surface area contributed by atoms with Crippen molar-refractivity contribution in [3.63, 3.8) is 0 Å². The summed E-state index contributed by atoms with van der Waals surface area (Å²) in [7, 11) is 5.89. The number of hydrogen-bond acceptors (Lipinski definition) is 6. The lowest BCUT2D eigenvalue weighted by Gasteiger charge is -2.35. The second-order valence-electron chi connectivity index (χ2n) is 5.83. The smallest absolute Gasteiger partial charge is 0.319 e. The zero-order valence-corrected chi connectivity index (χ0v) is 15.1. The number of rotatable bonds is 5. The molecule has 1 aromatic rings. The van der Waals surface area contributed by atoms with Crippen LogP contribution in [0.5, 0.6) is 17.2 Å². The summed E-state index contributed by atoms with van der Waals surface area (Å²) in [6, 6.07) is 0. The Bertz CT molecular complexity index is 679. The van der Waals surface area contributed by atoms with Crippen LogP contribution in [0.1, 0.15) is 41.3 Å². The van der Waals surface area contributed by atoms with Crippen molar-refractivity contribution in [2.75, 3.05) is 28.4 Å². The molecule has 1 aromatic carbocycles. The molecular formula is C18H24O6. The Morgan fingerprint density at radius 3 is 2.08 bits per heavy atom. The van der Waals surface area contributed by atoms with Gasteiger partial charge >= 0.3 is 5.97 Å². The lowest BCUT2D eigenvalue weighted by Crippen LogP contribution is -2.43. The predicted molar refractivity (Wildman–Crippen MR) is 88.2 cm³/mol. The summed E-state index contributed by atoms with van der Waals surface area (Å²) in [5.74, 6) is 0.708. The van der Waals surface area contributed by atoms with Gasteiger partial charge in [0, 0.05) is 11.1 Å². The van der Waals surface area contributed by atoms with Crippen LogP contribution in [0.3, 0.4) is 0 Å². The first-order chi connectivity index (χ1) is 11.4. The van der Waals surface area contributed by atoms with E-state index < -0.39 is 11.4 Å². The summed E-state index contributed by atoms with van der Waals surface area (Å²) in [6.07, 6.45) is 1.24. The minimum Gasteiger partial charge on any atom is -0.496 e. The summed E-state index contributed by atoms with van der Waals surface area (Å²) in [5.41, 5.74) is 0.600. The van der Waals surface area contributed by atoms with Gasteiger partial charge in [0.25, 0.3) is 0 Å². The number of methoxy groups -OCH3 is 4. The van der Waals surface area contributed by atoms with Crippen molar-refractivity contribution < 1.29 is 28.5 Å². The molecule has 0 saturated heterocycles. The Kier molecular flexibility index (Phi) is 5.06. The van der Waals surface area contributed by atoms with Crippen molar-refractivity contribution >= 4 is 11.8 Å². The number of carbonyl (C=O) groups excluding carboxylic acids is 2. The van der Waals surface area contributed by atoms with Crippen LogP contribution in [-0.2, 0) is 16.0 Å². The SMILES string of the molecule is CCC1(C(=O)OC)CCc2c(OC)c(OC)c(C)c(OC)c2C1=O. The van der Waals surface area contributed by atoms with Crippen LogP contribution in [0.25, 0.3) is 0 Å². The molecule has 0 N–H and O–H groups in total. The van der Waals surface area contributed by atoms with Crippen molar-refractivity contribution in [1.29, 1.82) is 0 Å². The Morgan fingerprint density at radius 1 is 1.04 bits per heavy atom. The molecule has 1 aliphatic carbocycles. The largest absolute Gasteiger partial charge is 0.496 e. The molecule has 1 atom stereocenters. The van der Waals surface area contributed by atoms with Gasteiger partial charge in [-0.15, -0.1) is 0 Å². The van der Waals surface area contributed by atoms with E-state index in [-0.39, 0.29) is 5.78 Å². The second kappa shape index (κ2) is 6.71. The molecule has 0 bridgehead atoms. The van der Waals surface area contributed by atoms with E-state index in [4.69, 9.17) is 18.9 Å². The molecule has 2 rings (SSSR count). The summed E-state index contributed by atoms with van der Waals surface area (Å²) >= 11 is 0. The Morgan fingerprint density at radius 2 is 1.62 bits per heavy atom. The fourth-order valence-corrected chi connectivity index (χ4v) is 3.61. The molecule has 0 spiro atoms. The van der Waals surface area contributed by atoms with E-state index in [1.54, 1.807) is 14.0 Å². The first-order valence-corrected chi connectivity index (χ1v) is 7.88. The Balaban J connectivity index is 2.81. The van der Waals surface area contributed by atoms with Gasteiger partial charge in [0.1, 0.15) is 11.2 Å². The molecule has 132 valence electrons. The maximum Gasteiger partial charge on any atom is 0.319 e. The number of esters is 1. The summed E-state index contributed by atoms with van der Waals surface area (Å²) < 4.78 is 21.4. The van der Waals surface area contributed by atoms with E-state index >= 15 is 0 Å². The molecule has 0 fully saturated rings. The Labute approximate surface area is 142 Å². The van der Waals surface area contributed by atoms with E-state index in [0.717, 1.165) is 5.56 Å². The topological polar surface area (TPSA) is 71.1 Å². The molecule has 0 radical (unpaired) electrons. The number of carbonyl (C=O) groups is 2. The fourth-order valence-electron chi connectivity index (χ4n) is 3.61. The van der Waals surface area contributed by atoms with Gasteiger partial charge in [-0.25, -0.2) is 0 Å². The van der Waals surface area contributed by atoms with Gasteiger partial charge in [-0.1, -0.05) is 6.92 Å². The van der Waals surface area contributed by atoms with Gasteiger partial charge < -0.3 is 18.9 Å². The molecule has 6 nitrogen and oxygen atoms in total. The maximum absolute atomic E-state index is 13.3. The van der Waals surface area contributed by atoms with Crippen molar-refractivity contribution in [2.45, 2.75) is 33.1 Å². The van der Waals surface area contributed by atoms with Crippen LogP contribution in [0.15, 0.2) is 0 Å². The predicted octanol–water partition coefficient (Wildman–Crippen LogP) is 2.72. The third kappa shape index (κ3) is 2.32. The van der Waals surface area contributed by atoms with Crippen molar-refractivity contribution in [3.8, 4) is 17.2 Å². The van der Waals surface area contributed by atoms with Gasteiger partial charge in [0.2, 0.25) is 0 Å². The van der Waals surface area contributed by atoms with E-state index in [2.05, 4.69) is 0 Å².